The van der Waals surface area contributed by atoms with Crippen LogP contribution in [0.1, 0.15) is 11.4 Å². The molecule has 0 unspecified atom stereocenters. The highest BCUT2D eigenvalue weighted by Gasteiger charge is 2.05. The number of aromatic amines is 1. The van der Waals surface area contributed by atoms with E-state index in [4.69, 9.17) is 4.74 Å². The zero-order valence-electron chi connectivity index (χ0n) is 12.0. The number of rotatable bonds is 5. The number of aryl methyl sites for hydroxylation is 2. The minimum absolute atomic E-state index is 0.700. The summed E-state index contributed by atoms with van der Waals surface area (Å²) in [4.78, 5) is 9.87. The molecule has 19 heavy (non-hydrogen) atoms. The highest BCUT2D eigenvalue weighted by Crippen LogP contribution is 2.21. The van der Waals surface area contributed by atoms with Gasteiger partial charge in [-0.25, -0.2) is 4.98 Å². The molecule has 0 atom stereocenters. The molecule has 2 rings (SSSR count). The van der Waals surface area contributed by atoms with Crippen LogP contribution in [-0.2, 0) is 0 Å². The molecule has 1 heterocycles. The number of hydrogen-bond donors (Lipinski definition) is 1. The molecule has 0 aliphatic carbocycles. The number of benzene rings is 1. The van der Waals surface area contributed by atoms with E-state index in [2.05, 4.69) is 14.9 Å². The van der Waals surface area contributed by atoms with Gasteiger partial charge in [0.15, 0.2) is 0 Å². The van der Waals surface area contributed by atoms with Crippen LogP contribution in [0.3, 0.4) is 0 Å². The number of imidazole rings is 1. The lowest BCUT2D eigenvalue weighted by Gasteiger charge is -2.11. The second kappa shape index (κ2) is 5.89. The van der Waals surface area contributed by atoms with Crippen molar-refractivity contribution in [3.05, 3.63) is 35.7 Å². The van der Waals surface area contributed by atoms with E-state index in [0.29, 0.717) is 6.61 Å². The molecule has 4 heteroatoms. The van der Waals surface area contributed by atoms with Gasteiger partial charge in [-0.05, 0) is 52.2 Å². The molecular formula is C15H21N3O. The predicted octanol–water partition coefficient (Wildman–Crippen LogP) is 2.63. The van der Waals surface area contributed by atoms with Gasteiger partial charge in [-0.3, -0.25) is 0 Å². The molecule has 0 fully saturated rings. The summed E-state index contributed by atoms with van der Waals surface area (Å²) in [6, 6.07) is 8.03. The quantitative estimate of drug-likeness (QED) is 0.897. The summed E-state index contributed by atoms with van der Waals surface area (Å²) in [6.45, 7) is 5.66. The molecule has 0 bridgehead atoms. The third-order valence-electron chi connectivity index (χ3n) is 3.06. The fourth-order valence-electron chi connectivity index (χ4n) is 1.74. The first kappa shape index (κ1) is 13.6. The van der Waals surface area contributed by atoms with E-state index in [1.165, 1.54) is 0 Å². The highest BCUT2D eigenvalue weighted by atomic mass is 16.5. The van der Waals surface area contributed by atoms with Gasteiger partial charge < -0.3 is 14.6 Å². The molecular weight excluding hydrogens is 238 g/mol. The van der Waals surface area contributed by atoms with Gasteiger partial charge >= 0.3 is 0 Å². The van der Waals surface area contributed by atoms with Crippen molar-refractivity contribution in [2.45, 2.75) is 13.8 Å². The average molecular weight is 259 g/mol. The smallest absolute Gasteiger partial charge is 0.137 e. The van der Waals surface area contributed by atoms with E-state index >= 15 is 0 Å². The molecule has 0 aliphatic heterocycles. The van der Waals surface area contributed by atoms with Crippen molar-refractivity contribution in [1.29, 1.82) is 0 Å². The number of H-pyrrole nitrogens is 1. The normalized spacial score (nSPS) is 11.0. The Labute approximate surface area is 114 Å². The van der Waals surface area contributed by atoms with Crippen LogP contribution < -0.4 is 4.74 Å². The third kappa shape index (κ3) is 3.58. The number of nitrogens with zero attached hydrogens (tertiary/aromatic N) is 2. The fraction of sp³-hybridized carbons (Fsp3) is 0.400. The maximum Gasteiger partial charge on any atom is 0.137 e. The molecule has 0 saturated heterocycles. The van der Waals surface area contributed by atoms with Crippen molar-refractivity contribution in [1.82, 2.24) is 14.9 Å². The second-order valence-corrected chi connectivity index (χ2v) is 4.97. The summed E-state index contributed by atoms with van der Waals surface area (Å²) in [5.74, 6) is 1.81. The Kier molecular flexibility index (Phi) is 4.22. The minimum Gasteiger partial charge on any atom is -0.492 e. The first-order valence-electron chi connectivity index (χ1n) is 6.47. The van der Waals surface area contributed by atoms with Crippen molar-refractivity contribution in [3.63, 3.8) is 0 Å². The van der Waals surface area contributed by atoms with Crippen LogP contribution in [0.2, 0.25) is 0 Å². The number of hydrogen-bond acceptors (Lipinski definition) is 3. The van der Waals surface area contributed by atoms with Gasteiger partial charge in [0.25, 0.3) is 0 Å². The van der Waals surface area contributed by atoms with E-state index in [-0.39, 0.29) is 0 Å². The van der Waals surface area contributed by atoms with Crippen LogP contribution in [0.15, 0.2) is 24.3 Å². The molecule has 0 saturated carbocycles. The first-order valence-corrected chi connectivity index (χ1v) is 6.47. The molecule has 102 valence electrons. The van der Waals surface area contributed by atoms with Gasteiger partial charge in [0, 0.05) is 17.8 Å². The maximum absolute atomic E-state index is 5.66. The largest absolute Gasteiger partial charge is 0.492 e. The third-order valence-corrected chi connectivity index (χ3v) is 3.06. The lowest BCUT2D eigenvalue weighted by molar-refractivity contribution is 0.261. The predicted molar refractivity (Wildman–Crippen MR) is 77.5 cm³/mol. The Morgan fingerprint density at radius 2 is 1.84 bits per heavy atom. The van der Waals surface area contributed by atoms with E-state index in [1.54, 1.807) is 0 Å². The summed E-state index contributed by atoms with van der Waals surface area (Å²) >= 11 is 0. The van der Waals surface area contributed by atoms with Gasteiger partial charge in [0.1, 0.15) is 18.2 Å². The zero-order chi connectivity index (χ0) is 13.8. The standard InChI is InChI=1S/C15H21N3O/c1-11-12(2)17-15(16-11)13-5-7-14(8-6-13)19-10-9-18(3)4/h5-8H,9-10H2,1-4H3,(H,16,17). The van der Waals surface area contributed by atoms with Gasteiger partial charge in [-0.15, -0.1) is 0 Å². The Balaban J connectivity index is 2.02. The summed E-state index contributed by atoms with van der Waals surface area (Å²) in [5.41, 5.74) is 3.23. The Morgan fingerprint density at radius 3 is 2.37 bits per heavy atom. The minimum atomic E-state index is 0.700. The number of nitrogens with one attached hydrogen (secondary N) is 1. The second-order valence-electron chi connectivity index (χ2n) is 4.97. The molecule has 0 radical (unpaired) electrons. The monoisotopic (exact) mass is 259 g/mol. The van der Waals surface area contributed by atoms with Crippen LogP contribution in [0.25, 0.3) is 11.4 Å². The molecule has 1 N–H and O–H groups in total. The van der Waals surface area contributed by atoms with Gasteiger partial charge in [-0.2, -0.15) is 0 Å². The molecule has 0 spiro atoms. The Hall–Kier alpha value is -1.81. The number of aromatic nitrogens is 2. The summed E-state index contributed by atoms with van der Waals surface area (Å²) in [5, 5.41) is 0. The van der Waals surface area contributed by atoms with Crippen LogP contribution >= 0.6 is 0 Å². The molecule has 4 nitrogen and oxygen atoms in total. The van der Waals surface area contributed by atoms with Crippen molar-refractivity contribution < 1.29 is 4.74 Å². The van der Waals surface area contributed by atoms with E-state index in [0.717, 1.165) is 35.1 Å². The van der Waals surface area contributed by atoms with Gasteiger partial charge in [-0.1, -0.05) is 0 Å². The molecule has 1 aromatic heterocycles. The van der Waals surface area contributed by atoms with Crippen LogP contribution in [0.5, 0.6) is 5.75 Å². The van der Waals surface area contributed by atoms with Gasteiger partial charge in [0.2, 0.25) is 0 Å². The van der Waals surface area contributed by atoms with Crippen LogP contribution in [0.4, 0.5) is 0 Å². The lowest BCUT2D eigenvalue weighted by Crippen LogP contribution is -2.19. The van der Waals surface area contributed by atoms with Crippen molar-refractivity contribution in [2.75, 3.05) is 27.2 Å². The summed E-state index contributed by atoms with van der Waals surface area (Å²) in [6.07, 6.45) is 0. The SMILES string of the molecule is Cc1nc(-c2ccc(OCCN(C)C)cc2)[nH]c1C. The van der Waals surface area contributed by atoms with Crippen LogP contribution in [0, 0.1) is 13.8 Å². The maximum atomic E-state index is 5.66. The average Bonchev–Trinajstić information content (AvgIpc) is 2.70. The molecule has 0 amide bonds. The number of ether oxygens (including phenoxy) is 1. The Bertz CT molecular complexity index is 509. The molecule has 2 aromatic rings. The highest BCUT2D eigenvalue weighted by molar-refractivity contribution is 5.57. The topological polar surface area (TPSA) is 41.1 Å². The van der Waals surface area contributed by atoms with E-state index < -0.39 is 0 Å². The number of likely N-dealkylation sites (N-methyl/N-ethyl adjacent to an activating group) is 1. The summed E-state index contributed by atoms with van der Waals surface area (Å²) in [7, 11) is 4.07. The summed E-state index contributed by atoms with van der Waals surface area (Å²) < 4.78 is 5.66. The van der Waals surface area contributed by atoms with E-state index in [9.17, 15) is 0 Å². The lowest BCUT2D eigenvalue weighted by atomic mass is 10.2. The fourth-order valence-corrected chi connectivity index (χ4v) is 1.74. The molecule has 0 aliphatic rings. The van der Waals surface area contributed by atoms with E-state index in [1.807, 2.05) is 52.2 Å². The van der Waals surface area contributed by atoms with Gasteiger partial charge in [0.05, 0.1) is 5.69 Å². The van der Waals surface area contributed by atoms with Crippen molar-refractivity contribution in [3.8, 4) is 17.1 Å². The zero-order valence-corrected chi connectivity index (χ0v) is 12.0. The molecule has 1 aromatic carbocycles. The van der Waals surface area contributed by atoms with Crippen LogP contribution in [-0.4, -0.2) is 42.1 Å². The Morgan fingerprint density at radius 1 is 1.16 bits per heavy atom. The first-order chi connectivity index (χ1) is 9.06. The van der Waals surface area contributed by atoms with Crippen molar-refractivity contribution in [2.24, 2.45) is 0 Å². The van der Waals surface area contributed by atoms with Crippen molar-refractivity contribution >= 4 is 0 Å².